The van der Waals surface area contributed by atoms with Crippen LogP contribution in [0.1, 0.15) is 54.9 Å². The summed E-state index contributed by atoms with van der Waals surface area (Å²) >= 11 is 0. The standard InChI is InChI=1S/C37H50F3N7O4/c1-3-27-9-8-26(24-31(27)37(38,39)40)25-33(34(48)45-22-20-44(21-23-45)29-11-15-43(2)16-12-29)42-36(50)51-46-17-13-30(14-18-46)47-19-10-28-6-4-5-7-32(28)41-35(47)49/h4-9,24,29-30,33H,3,10-23,25H2,1-2H3,(H,41,49)(H,42,50). The van der Waals surface area contributed by atoms with Crippen LogP contribution in [0, 0.1) is 0 Å². The minimum atomic E-state index is -4.54. The Morgan fingerprint density at radius 3 is 2.29 bits per heavy atom. The van der Waals surface area contributed by atoms with Crippen molar-refractivity contribution in [3.8, 4) is 0 Å². The van der Waals surface area contributed by atoms with Crippen molar-refractivity contribution in [3.05, 3.63) is 64.7 Å². The molecule has 0 aliphatic carbocycles. The first-order valence-electron chi connectivity index (χ1n) is 18.3. The van der Waals surface area contributed by atoms with Gasteiger partial charge in [-0.2, -0.15) is 13.2 Å². The lowest BCUT2D eigenvalue weighted by molar-refractivity contribution is -0.138. The van der Waals surface area contributed by atoms with Gasteiger partial charge in [-0.1, -0.05) is 37.3 Å². The number of benzene rings is 2. The summed E-state index contributed by atoms with van der Waals surface area (Å²) in [5.74, 6) is -0.338. The molecule has 6 rings (SSSR count). The topological polar surface area (TPSA) is 101 Å². The summed E-state index contributed by atoms with van der Waals surface area (Å²) in [6, 6.07) is 11.1. The summed E-state index contributed by atoms with van der Waals surface area (Å²) in [6.07, 6.45) is -1.19. The molecule has 4 amide bonds. The maximum Gasteiger partial charge on any atom is 0.426 e. The molecule has 0 bridgehead atoms. The van der Waals surface area contributed by atoms with Crippen LogP contribution in [0.2, 0.25) is 0 Å². The lowest BCUT2D eigenvalue weighted by Crippen LogP contribution is -2.58. The van der Waals surface area contributed by atoms with Gasteiger partial charge in [-0.3, -0.25) is 9.69 Å². The zero-order valence-electron chi connectivity index (χ0n) is 29.6. The van der Waals surface area contributed by atoms with Gasteiger partial charge >= 0.3 is 18.3 Å². The van der Waals surface area contributed by atoms with E-state index in [-0.39, 0.29) is 36.4 Å². The predicted octanol–water partition coefficient (Wildman–Crippen LogP) is 4.61. The lowest BCUT2D eigenvalue weighted by Gasteiger charge is -2.42. The number of carbonyl (C=O) groups excluding carboxylic acids is 3. The maximum absolute atomic E-state index is 14.0. The fourth-order valence-corrected chi connectivity index (χ4v) is 7.92. The van der Waals surface area contributed by atoms with Crippen LogP contribution in [0.3, 0.4) is 0 Å². The number of nitrogens with one attached hydrogen (secondary N) is 2. The van der Waals surface area contributed by atoms with Gasteiger partial charge < -0.3 is 30.2 Å². The number of likely N-dealkylation sites (tertiary alicyclic amines) is 1. The van der Waals surface area contributed by atoms with Crippen molar-refractivity contribution in [2.45, 2.75) is 76.2 Å². The molecule has 0 saturated carbocycles. The molecule has 3 fully saturated rings. The lowest BCUT2D eigenvalue weighted by atomic mass is 9.97. The number of amides is 4. The first kappa shape index (κ1) is 36.9. The summed E-state index contributed by atoms with van der Waals surface area (Å²) < 4.78 is 41.8. The van der Waals surface area contributed by atoms with Gasteiger partial charge in [0, 0.05) is 70.0 Å². The molecule has 14 heteroatoms. The number of piperazine rings is 1. The second kappa shape index (κ2) is 16.2. The van der Waals surface area contributed by atoms with Crippen LogP contribution in [0.5, 0.6) is 0 Å². The Balaban J connectivity index is 1.08. The van der Waals surface area contributed by atoms with Crippen LogP contribution < -0.4 is 10.6 Å². The number of carbonyl (C=O) groups is 3. The largest absolute Gasteiger partial charge is 0.426 e. The molecular weight excluding hydrogens is 663 g/mol. The molecular formula is C37H50F3N7O4. The smallest absolute Gasteiger partial charge is 0.351 e. The highest BCUT2D eigenvalue weighted by molar-refractivity contribution is 5.91. The SMILES string of the molecule is CCc1ccc(CC(NC(=O)ON2CCC(N3CCc4ccccc4NC3=O)CC2)C(=O)N2CCN(C3CCN(C)CC3)CC2)cc1C(F)(F)F. The van der Waals surface area contributed by atoms with Crippen LogP contribution in [0.25, 0.3) is 0 Å². The number of aryl methyl sites for hydroxylation is 1. The molecule has 3 saturated heterocycles. The Labute approximate surface area is 298 Å². The molecule has 0 radical (unpaired) electrons. The predicted molar refractivity (Wildman–Crippen MR) is 187 cm³/mol. The maximum atomic E-state index is 14.0. The van der Waals surface area contributed by atoms with Gasteiger partial charge in [0.1, 0.15) is 6.04 Å². The summed E-state index contributed by atoms with van der Waals surface area (Å²) in [7, 11) is 2.12. The van der Waals surface area contributed by atoms with Crippen LogP contribution in [0.15, 0.2) is 42.5 Å². The fourth-order valence-electron chi connectivity index (χ4n) is 7.92. The second-order valence-electron chi connectivity index (χ2n) is 14.2. The van der Waals surface area contributed by atoms with Gasteiger partial charge in [0.25, 0.3) is 0 Å². The number of anilines is 1. The van der Waals surface area contributed by atoms with Gasteiger partial charge in [-0.25, -0.2) is 9.59 Å². The molecule has 2 N–H and O–H groups in total. The number of hydroxylamine groups is 2. The van der Waals surface area contributed by atoms with E-state index in [0.717, 1.165) is 49.7 Å². The first-order valence-corrected chi connectivity index (χ1v) is 18.3. The van der Waals surface area contributed by atoms with E-state index in [1.54, 1.807) is 17.9 Å². The molecule has 1 unspecified atom stereocenters. The van der Waals surface area contributed by atoms with E-state index < -0.39 is 23.9 Å². The molecule has 1 atom stereocenters. The Morgan fingerprint density at radius 1 is 0.922 bits per heavy atom. The van der Waals surface area contributed by atoms with Crippen molar-refractivity contribution in [2.24, 2.45) is 0 Å². The van der Waals surface area contributed by atoms with E-state index in [4.69, 9.17) is 4.84 Å². The third-order valence-electron chi connectivity index (χ3n) is 10.9. The fraction of sp³-hybridized carbons (Fsp3) is 0.595. The molecule has 0 aromatic heterocycles. The van der Waals surface area contributed by atoms with Gasteiger partial charge in [0.15, 0.2) is 0 Å². The molecule has 0 spiro atoms. The van der Waals surface area contributed by atoms with E-state index in [1.807, 2.05) is 29.2 Å². The number of nitrogens with zero attached hydrogens (tertiary/aromatic N) is 5. The van der Waals surface area contributed by atoms with E-state index >= 15 is 0 Å². The van der Waals surface area contributed by atoms with E-state index in [9.17, 15) is 27.6 Å². The molecule has 4 heterocycles. The number of alkyl halides is 3. The van der Waals surface area contributed by atoms with E-state index in [1.165, 1.54) is 11.1 Å². The van der Waals surface area contributed by atoms with Crippen molar-refractivity contribution in [1.82, 2.24) is 30.0 Å². The van der Waals surface area contributed by atoms with Crippen LogP contribution in [-0.2, 0) is 35.1 Å². The zero-order valence-corrected chi connectivity index (χ0v) is 29.6. The molecule has 11 nitrogen and oxygen atoms in total. The number of para-hydroxylation sites is 1. The molecule has 51 heavy (non-hydrogen) atoms. The number of rotatable bonds is 8. The highest BCUT2D eigenvalue weighted by Gasteiger charge is 2.36. The second-order valence-corrected chi connectivity index (χ2v) is 14.2. The van der Waals surface area contributed by atoms with Crippen molar-refractivity contribution in [1.29, 1.82) is 0 Å². The third-order valence-corrected chi connectivity index (χ3v) is 10.9. The van der Waals surface area contributed by atoms with Gasteiger partial charge in [-0.15, -0.1) is 5.06 Å². The van der Waals surface area contributed by atoms with Crippen molar-refractivity contribution < 1.29 is 32.4 Å². The highest BCUT2D eigenvalue weighted by Crippen LogP contribution is 2.33. The number of hydrogen-bond donors (Lipinski definition) is 2. The minimum absolute atomic E-state index is 0.0290. The summed E-state index contributed by atoms with van der Waals surface area (Å²) in [5.41, 5.74) is 1.67. The highest BCUT2D eigenvalue weighted by atomic mass is 19.4. The average Bonchev–Trinajstić information content (AvgIpc) is 3.29. The first-order chi connectivity index (χ1) is 24.5. The Morgan fingerprint density at radius 2 is 1.61 bits per heavy atom. The average molecular weight is 714 g/mol. The van der Waals surface area contributed by atoms with E-state index in [2.05, 4.69) is 27.5 Å². The molecule has 4 aliphatic heterocycles. The summed E-state index contributed by atoms with van der Waals surface area (Å²) in [6.45, 7) is 7.47. The van der Waals surface area contributed by atoms with Crippen molar-refractivity contribution in [2.75, 3.05) is 71.3 Å². The summed E-state index contributed by atoms with van der Waals surface area (Å²) in [4.78, 5) is 54.2. The molecule has 2 aromatic carbocycles. The van der Waals surface area contributed by atoms with Crippen LogP contribution >= 0.6 is 0 Å². The number of fused-ring (bicyclic) bond motifs is 1. The number of urea groups is 1. The molecule has 278 valence electrons. The normalized spacial score (nSPS) is 21.1. The molecule has 4 aliphatic rings. The zero-order chi connectivity index (χ0) is 36.1. The third kappa shape index (κ3) is 9.14. The number of halogens is 3. The monoisotopic (exact) mass is 713 g/mol. The van der Waals surface area contributed by atoms with Crippen LogP contribution in [0.4, 0.5) is 28.4 Å². The number of piperidine rings is 2. The summed E-state index contributed by atoms with van der Waals surface area (Å²) in [5, 5.41) is 7.24. The minimum Gasteiger partial charge on any atom is -0.351 e. The van der Waals surface area contributed by atoms with Crippen molar-refractivity contribution >= 4 is 23.7 Å². The van der Waals surface area contributed by atoms with Crippen molar-refractivity contribution in [3.63, 3.8) is 0 Å². The Bertz CT molecular complexity index is 1530. The van der Waals surface area contributed by atoms with Gasteiger partial charge in [0.2, 0.25) is 5.91 Å². The van der Waals surface area contributed by atoms with Gasteiger partial charge in [0.05, 0.1) is 5.56 Å². The van der Waals surface area contributed by atoms with Gasteiger partial charge in [-0.05, 0) is 87.5 Å². The Hall–Kier alpha value is -3.88. The molecule has 2 aromatic rings. The Kier molecular flexibility index (Phi) is 11.7. The van der Waals surface area contributed by atoms with Crippen LogP contribution in [-0.4, -0.2) is 127 Å². The quantitative estimate of drug-likeness (QED) is 0.413. The van der Waals surface area contributed by atoms with E-state index in [0.29, 0.717) is 70.3 Å². The number of hydrogen-bond acceptors (Lipinski definition) is 7.